The van der Waals surface area contributed by atoms with E-state index in [9.17, 15) is 4.79 Å². The summed E-state index contributed by atoms with van der Waals surface area (Å²) >= 11 is 0. The summed E-state index contributed by atoms with van der Waals surface area (Å²) in [4.78, 5) is 13.5. The molecular weight excluding hydrogens is 268 g/mol. The normalized spacial score (nSPS) is 22.2. The van der Waals surface area contributed by atoms with E-state index in [0.29, 0.717) is 0 Å². The van der Waals surface area contributed by atoms with Gasteiger partial charge in [0.25, 0.3) is 0 Å². The Kier molecular flexibility index (Phi) is 2.59. The first-order chi connectivity index (χ1) is 10.5. The van der Waals surface area contributed by atoms with Crippen molar-refractivity contribution in [3.63, 3.8) is 0 Å². The minimum absolute atomic E-state index is 0.209. The maximum Gasteiger partial charge on any atom is 0.182 e. The molecule has 0 saturated heterocycles. The van der Waals surface area contributed by atoms with Crippen molar-refractivity contribution in [2.75, 3.05) is 0 Å². The maximum absolute atomic E-state index is 13.5. The molecule has 0 aromatic heterocycles. The number of hydrogen-bond donors (Lipinski definition) is 0. The Balaban J connectivity index is 2.05. The topological polar surface area (TPSA) is 17.1 Å². The summed E-state index contributed by atoms with van der Waals surface area (Å²) in [6, 6.07) is 14.4. The van der Waals surface area contributed by atoms with Crippen LogP contribution in [0.1, 0.15) is 46.5 Å². The van der Waals surface area contributed by atoms with Gasteiger partial charge >= 0.3 is 0 Å². The predicted molar refractivity (Wildman–Crippen MR) is 90.9 cm³/mol. The zero-order valence-electron chi connectivity index (χ0n) is 13.1. The number of benzene rings is 2. The molecule has 0 fully saturated rings. The number of carbonyl (C=O) groups is 1. The average molecular weight is 286 g/mol. The van der Waals surface area contributed by atoms with Crippen LogP contribution in [0.5, 0.6) is 0 Å². The molecule has 0 amide bonds. The molecule has 0 saturated carbocycles. The molecule has 108 valence electrons. The third kappa shape index (κ3) is 1.46. The lowest BCUT2D eigenvalue weighted by molar-refractivity contribution is 0.0931. The standard InChI is InChI=1S/C21H18O/c1-13-8-9-18-17(10-13)12-15(3)21(20(18)22)14(2)11-16-6-4-5-7-19(16)21/h4-12H,1-3H3. The summed E-state index contributed by atoms with van der Waals surface area (Å²) in [6.07, 6.45) is 4.34. The minimum Gasteiger partial charge on any atom is -0.292 e. The Labute approximate surface area is 131 Å². The molecule has 22 heavy (non-hydrogen) atoms. The largest absolute Gasteiger partial charge is 0.292 e. The molecule has 0 radical (unpaired) electrons. The van der Waals surface area contributed by atoms with Crippen LogP contribution in [0, 0.1) is 6.92 Å². The lowest BCUT2D eigenvalue weighted by Crippen LogP contribution is -2.39. The van der Waals surface area contributed by atoms with E-state index in [-0.39, 0.29) is 5.78 Å². The molecule has 4 rings (SSSR count). The quantitative estimate of drug-likeness (QED) is 0.669. The smallest absolute Gasteiger partial charge is 0.182 e. The molecule has 0 heterocycles. The van der Waals surface area contributed by atoms with Gasteiger partial charge in [-0.3, -0.25) is 4.79 Å². The van der Waals surface area contributed by atoms with Gasteiger partial charge in [-0.1, -0.05) is 71.3 Å². The third-order valence-corrected chi connectivity index (χ3v) is 5.08. The van der Waals surface area contributed by atoms with E-state index >= 15 is 0 Å². The van der Waals surface area contributed by atoms with E-state index in [1.165, 1.54) is 5.56 Å². The van der Waals surface area contributed by atoms with Gasteiger partial charge in [-0.2, -0.15) is 0 Å². The van der Waals surface area contributed by atoms with Crippen molar-refractivity contribution in [1.82, 2.24) is 0 Å². The summed E-state index contributed by atoms with van der Waals surface area (Å²) in [5, 5.41) is 0. The Bertz CT molecular complexity index is 883. The molecule has 2 aliphatic carbocycles. The van der Waals surface area contributed by atoms with E-state index in [1.807, 2.05) is 24.3 Å². The zero-order valence-corrected chi connectivity index (χ0v) is 13.1. The van der Waals surface area contributed by atoms with Crippen LogP contribution in [-0.2, 0) is 5.41 Å². The van der Waals surface area contributed by atoms with Gasteiger partial charge < -0.3 is 0 Å². The summed E-state index contributed by atoms with van der Waals surface area (Å²) in [6.45, 7) is 6.23. The van der Waals surface area contributed by atoms with Crippen molar-refractivity contribution < 1.29 is 4.79 Å². The first kappa shape index (κ1) is 13.3. The van der Waals surface area contributed by atoms with Crippen LogP contribution in [0.15, 0.2) is 53.6 Å². The number of aryl methyl sites for hydroxylation is 1. The van der Waals surface area contributed by atoms with E-state index in [0.717, 1.165) is 33.4 Å². The molecule has 0 bridgehead atoms. The Morgan fingerprint density at radius 1 is 0.818 bits per heavy atom. The van der Waals surface area contributed by atoms with Gasteiger partial charge in [0.15, 0.2) is 5.78 Å². The van der Waals surface area contributed by atoms with Crippen LogP contribution in [-0.4, -0.2) is 5.78 Å². The molecule has 1 heteroatoms. The second kappa shape index (κ2) is 4.30. The number of allylic oxidation sites excluding steroid dienone is 2. The van der Waals surface area contributed by atoms with Crippen LogP contribution in [0.25, 0.3) is 12.2 Å². The van der Waals surface area contributed by atoms with E-state index < -0.39 is 5.41 Å². The summed E-state index contributed by atoms with van der Waals surface area (Å²) < 4.78 is 0. The van der Waals surface area contributed by atoms with Crippen molar-refractivity contribution in [3.05, 3.63) is 81.4 Å². The molecule has 1 unspecified atom stereocenters. The molecular formula is C21H18O. The van der Waals surface area contributed by atoms with E-state index in [4.69, 9.17) is 0 Å². The summed E-state index contributed by atoms with van der Waals surface area (Å²) in [7, 11) is 0. The predicted octanol–water partition coefficient (Wildman–Crippen LogP) is 4.95. The van der Waals surface area contributed by atoms with Gasteiger partial charge in [-0.05, 0) is 37.5 Å². The molecule has 1 atom stereocenters. The Morgan fingerprint density at radius 3 is 2.27 bits per heavy atom. The number of hydrogen-bond acceptors (Lipinski definition) is 1. The SMILES string of the molecule is CC1=Cc2cc(C)ccc2C(=O)C12C(C)=Cc1ccccc12. The highest BCUT2D eigenvalue weighted by Crippen LogP contribution is 2.51. The van der Waals surface area contributed by atoms with Gasteiger partial charge in [-0.25, -0.2) is 0 Å². The molecule has 2 aromatic rings. The van der Waals surface area contributed by atoms with Crippen LogP contribution in [0.4, 0.5) is 0 Å². The van der Waals surface area contributed by atoms with Gasteiger partial charge in [0.1, 0.15) is 5.41 Å². The van der Waals surface area contributed by atoms with Crippen molar-refractivity contribution in [2.45, 2.75) is 26.2 Å². The second-order valence-corrected chi connectivity index (χ2v) is 6.41. The van der Waals surface area contributed by atoms with Gasteiger partial charge in [0, 0.05) is 5.56 Å². The fourth-order valence-electron chi connectivity index (χ4n) is 4.07. The lowest BCUT2D eigenvalue weighted by Gasteiger charge is -2.36. The Hall–Kier alpha value is -2.41. The number of Topliss-reactive ketones (excluding diaryl/α,β-unsaturated/α-hetero) is 1. The summed E-state index contributed by atoms with van der Waals surface area (Å²) in [5.74, 6) is 0.209. The fraction of sp³-hybridized carbons (Fsp3) is 0.190. The fourth-order valence-corrected chi connectivity index (χ4v) is 4.07. The van der Waals surface area contributed by atoms with Crippen molar-refractivity contribution in [2.24, 2.45) is 0 Å². The number of carbonyl (C=O) groups excluding carboxylic acids is 1. The highest BCUT2D eigenvalue weighted by Gasteiger charge is 2.49. The molecule has 0 aliphatic heterocycles. The number of ketones is 1. The van der Waals surface area contributed by atoms with Crippen molar-refractivity contribution in [3.8, 4) is 0 Å². The number of fused-ring (bicyclic) bond motifs is 3. The maximum atomic E-state index is 13.5. The lowest BCUT2D eigenvalue weighted by atomic mass is 9.64. The molecule has 0 N–H and O–H groups in total. The van der Waals surface area contributed by atoms with Gasteiger partial charge in [-0.15, -0.1) is 0 Å². The second-order valence-electron chi connectivity index (χ2n) is 6.41. The zero-order chi connectivity index (χ0) is 15.5. The molecule has 1 spiro atoms. The monoisotopic (exact) mass is 286 g/mol. The first-order valence-corrected chi connectivity index (χ1v) is 7.67. The van der Waals surface area contributed by atoms with E-state index in [2.05, 4.69) is 51.1 Å². The van der Waals surface area contributed by atoms with Crippen molar-refractivity contribution in [1.29, 1.82) is 0 Å². The summed E-state index contributed by atoms with van der Waals surface area (Å²) in [5.41, 5.74) is 7.00. The van der Waals surface area contributed by atoms with Gasteiger partial charge in [0.05, 0.1) is 0 Å². The van der Waals surface area contributed by atoms with Crippen LogP contribution < -0.4 is 0 Å². The number of rotatable bonds is 0. The molecule has 2 aromatic carbocycles. The third-order valence-electron chi connectivity index (χ3n) is 5.08. The minimum atomic E-state index is -0.598. The highest BCUT2D eigenvalue weighted by atomic mass is 16.1. The average Bonchev–Trinajstić information content (AvgIpc) is 2.78. The van der Waals surface area contributed by atoms with Crippen LogP contribution in [0.2, 0.25) is 0 Å². The van der Waals surface area contributed by atoms with Crippen LogP contribution in [0.3, 0.4) is 0 Å². The highest BCUT2D eigenvalue weighted by molar-refractivity contribution is 6.15. The molecule has 2 aliphatic rings. The van der Waals surface area contributed by atoms with E-state index in [1.54, 1.807) is 0 Å². The Morgan fingerprint density at radius 2 is 1.50 bits per heavy atom. The van der Waals surface area contributed by atoms with Crippen molar-refractivity contribution >= 4 is 17.9 Å². The first-order valence-electron chi connectivity index (χ1n) is 7.67. The van der Waals surface area contributed by atoms with Crippen LogP contribution >= 0.6 is 0 Å². The van der Waals surface area contributed by atoms with Gasteiger partial charge in [0.2, 0.25) is 0 Å². The molecule has 1 nitrogen and oxygen atoms in total.